The first-order chi connectivity index (χ1) is 10.2. The lowest BCUT2D eigenvalue weighted by atomic mass is 10.3. The number of rotatable bonds is 4. The fourth-order valence-corrected chi connectivity index (χ4v) is 2.11. The number of carbonyl (C=O) groups is 1. The number of aromatic carboxylic acids is 1. The van der Waals surface area contributed by atoms with E-state index in [0.29, 0.717) is 17.1 Å². The van der Waals surface area contributed by atoms with Crippen molar-refractivity contribution in [2.24, 2.45) is 0 Å². The Kier molecular flexibility index (Phi) is 3.19. The molecule has 0 aliphatic carbocycles. The monoisotopic (exact) mass is 284 g/mol. The van der Waals surface area contributed by atoms with Gasteiger partial charge in [-0.2, -0.15) is 0 Å². The van der Waals surface area contributed by atoms with Crippen LogP contribution in [0.3, 0.4) is 0 Å². The number of nitrogens with zero attached hydrogens (tertiary/aromatic N) is 2. The molecular weight excluding hydrogens is 272 g/mol. The van der Waals surface area contributed by atoms with Crippen LogP contribution in [0.15, 0.2) is 48.5 Å². The molecular formula is C15H12N2O4. The van der Waals surface area contributed by atoms with Crippen molar-refractivity contribution in [3.8, 4) is 11.6 Å². The summed E-state index contributed by atoms with van der Waals surface area (Å²) in [5.41, 5.74) is 0.215. The second-order valence-corrected chi connectivity index (χ2v) is 4.39. The second kappa shape index (κ2) is 5.16. The first-order valence-electron chi connectivity index (χ1n) is 6.27. The van der Waals surface area contributed by atoms with Gasteiger partial charge in [0.15, 0.2) is 17.4 Å². The SMILES string of the molecule is O=C(O)c1nc(COc2ccccc2)n2c(O)cccc12. The summed E-state index contributed by atoms with van der Waals surface area (Å²) in [5, 5.41) is 19.1. The number of pyridine rings is 1. The van der Waals surface area contributed by atoms with Crippen LogP contribution in [-0.4, -0.2) is 25.6 Å². The number of hydrogen-bond donors (Lipinski definition) is 2. The van der Waals surface area contributed by atoms with Crippen molar-refractivity contribution in [1.82, 2.24) is 9.38 Å². The molecule has 106 valence electrons. The first kappa shape index (κ1) is 13.0. The van der Waals surface area contributed by atoms with Gasteiger partial charge in [-0.05, 0) is 24.3 Å². The van der Waals surface area contributed by atoms with Crippen LogP contribution in [0.2, 0.25) is 0 Å². The topological polar surface area (TPSA) is 84.1 Å². The molecule has 1 aromatic carbocycles. The van der Waals surface area contributed by atoms with Gasteiger partial charge >= 0.3 is 5.97 Å². The van der Waals surface area contributed by atoms with E-state index in [0.717, 1.165) is 0 Å². The van der Waals surface area contributed by atoms with E-state index < -0.39 is 5.97 Å². The lowest BCUT2D eigenvalue weighted by molar-refractivity contribution is 0.0693. The molecule has 0 saturated carbocycles. The fraction of sp³-hybridized carbons (Fsp3) is 0.0667. The van der Waals surface area contributed by atoms with Crippen molar-refractivity contribution in [3.05, 3.63) is 60.0 Å². The van der Waals surface area contributed by atoms with Gasteiger partial charge in [0, 0.05) is 0 Å². The van der Waals surface area contributed by atoms with Crippen LogP contribution < -0.4 is 4.74 Å². The molecule has 3 aromatic rings. The lowest BCUT2D eigenvalue weighted by Gasteiger charge is -2.06. The molecule has 0 unspecified atom stereocenters. The minimum Gasteiger partial charge on any atom is -0.494 e. The molecule has 0 atom stereocenters. The third-order valence-electron chi connectivity index (χ3n) is 3.02. The summed E-state index contributed by atoms with van der Waals surface area (Å²) in [6.07, 6.45) is 0. The highest BCUT2D eigenvalue weighted by atomic mass is 16.5. The Morgan fingerprint density at radius 3 is 2.62 bits per heavy atom. The molecule has 2 aromatic heterocycles. The Morgan fingerprint density at radius 2 is 1.90 bits per heavy atom. The summed E-state index contributed by atoms with van der Waals surface area (Å²) < 4.78 is 6.93. The van der Waals surface area contributed by atoms with Crippen LogP contribution in [0.25, 0.3) is 5.52 Å². The second-order valence-electron chi connectivity index (χ2n) is 4.39. The van der Waals surface area contributed by atoms with Crippen molar-refractivity contribution in [1.29, 1.82) is 0 Å². The number of benzene rings is 1. The van der Waals surface area contributed by atoms with Gasteiger partial charge < -0.3 is 14.9 Å². The summed E-state index contributed by atoms with van der Waals surface area (Å²) in [5.74, 6) is -0.269. The quantitative estimate of drug-likeness (QED) is 0.768. The molecule has 0 amide bonds. The molecule has 21 heavy (non-hydrogen) atoms. The molecule has 6 nitrogen and oxygen atoms in total. The largest absolute Gasteiger partial charge is 0.494 e. The number of fused-ring (bicyclic) bond motifs is 1. The van der Waals surface area contributed by atoms with Crippen molar-refractivity contribution in [3.63, 3.8) is 0 Å². The number of carboxylic acids is 1. The van der Waals surface area contributed by atoms with E-state index in [1.54, 1.807) is 24.3 Å². The Hall–Kier alpha value is -3.02. The predicted molar refractivity (Wildman–Crippen MR) is 74.6 cm³/mol. The molecule has 6 heteroatoms. The van der Waals surface area contributed by atoms with Crippen molar-refractivity contribution in [2.75, 3.05) is 0 Å². The van der Waals surface area contributed by atoms with Crippen LogP contribution in [0.4, 0.5) is 0 Å². The Labute approximate surface area is 119 Å². The number of carboxylic acid groups (broad SMARTS) is 1. The average molecular weight is 284 g/mol. The fourth-order valence-electron chi connectivity index (χ4n) is 2.11. The van der Waals surface area contributed by atoms with E-state index in [4.69, 9.17) is 4.74 Å². The highest BCUT2D eigenvalue weighted by Gasteiger charge is 2.18. The summed E-state index contributed by atoms with van der Waals surface area (Å²) in [6.45, 7) is 0.0516. The minimum atomic E-state index is -1.15. The molecule has 0 radical (unpaired) electrons. The van der Waals surface area contributed by atoms with Crippen molar-refractivity contribution < 1.29 is 19.7 Å². The maximum Gasteiger partial charge on any atom is 0.356 e. The highest BCUT2D eigenvalue weighted by molar-refractivity contribution is 5.93. The summed E-state index contributed by atoms with van der Waals surface area (Å²) in [7, 11) is 0. The van der Waals surface area contributed by atoms with Crippen LogP contribution in [0.1, 0.15) is 16.3 Å². The van der Waals surface area contributed by atoms with Gasteiger partial charge in [0.2, 0.25) is 0 Å². The van der Waals surface area contributed by atoms with Crippen molar-refractivity contribution in [2.45, 2.75) is 6.61 Å². The van der Waals surface area contributed by atoms with E-state index in [9.17, 15) is 15.0 Å². The molecule has 0 saturated heterocycles. The maximum absolute atomic E-state index is 11.2. The highest BCUT2D eigenvalue weighted by Crippen LogP contribution is 2.21. The van der Waals surface area contributed by atoms with Gasteiger partial charge in [0.25, 0.3) is 0 Å². The van der Waals surface area contributed by atoms with Crippen LogP contribution in [-0.2, 0) is 6.61 Å². The first-order valence-corrected chi connectivity index (χ1v) is 6.27. The number of aromatic hydroxyl groups is 1. The molecule has 0 spiro atoms. The Morgan fingerprint density at radius 1 is 1.14 bits per heavy atom. The van der Waals surface area contributed by atoms with Crippen molar-refractivity contribution >= 4 is 11.5 Å². The van der Waals surface area contributed by atoms with E-state index in [-0.39, 0.29) is 18.2 Å². The van der Waals surface area contributed by atoms with Crippen LogP contribution >= 0.6 is 0 Å². The molecule has 3 rings (SSSR count). The average Bonchev–Trinajstić information content (AvgIpc) is 2.87. The van der Waals surface area contributed by atoms with Gasteiger partial charge in [-0.25, -0.2) is 9.78 Å². The van der Waals surface area contributed by atoms with Crippen LogP contribution in [0, 0.1) is 0 Å². The van der Waals surface area contributed by atoms with Gasteiger partial charge in [0.1, 0.15) is 12.4 Å². The minimum absolute atomic E-state index is 0.0516. The van der Waals surface area contributed by atoms with Gasteiger partial charge in [-0.3, -0.25) is 4.40 Å². The van der Waals surface area contributed by atoms with E-state index >= 15 is 0 Å². The van der Waals surface area contributed by atoms with Gasteiger partial charge in [0.05, 0.1) is 5.52 Å². The molecule has 2 heterocycles. The maximum atomic E-state index is 11.2. The number of ether oxygens (including phenoxy) is 1. The molecule has 0 bridgehead atoms. The van der Waals surface area contributed by atoms with Gasteiger partial charge in [-0.15, -0.1) is 0 Å². The van der Waals surface area contributed by atoms with Gasteiger partial charge in [-0.1, -0.05) is 24.3 Å². The van der Waals surface area contributed by atoms with E-state index in [1.165, 1.54) is 10.5 Å². The number of aromatic nitrogens is 2. The smallest absolute Gasteiger partial charge is 0.356 e. The summed E-state index contributed by atoms with van der Waals surface area (Å²) >= 11 is 0. The zero-order valence-corrected chi connectivity index (χ0v) is 10.9. The predicted octanol–water partition coefficient (Wildman–Crippen LogP) is 2.32. The molecule has 0 fully saturated rings. The number of hydrogen-bond acceptors (Lipinski definition) is 4. The number of imidazole rings is 1. The standard InChI is InChI=1S/C15H12N2O4/c18-13-8-4-7-11-14(15(19)20)16-12(17(11)13)9-21-10-5-2-1-3-6-10/h1-8,18H,9H2,(H,19,20). The third-order valence-corrected chi connectivity index (χ3v) is 3.02. The lowest BCUT2D eigenvalue weighted by Crippen LogP contribution is -2.02. The molecule has 2 N–H and O–H groups in total. The Bertz CT molecular complexity index is 796. The summed E-state index contributed by atoms with van der Waals surface area (Å²) in [6, 6.07) is 13.7. The Balaban J connectivity index is 2.00. The summed E-state index contributed by atoms with van der Waals surface area (Å²) in [4.78, 5) is 15.3. The normalized spacial score (nSPS) is 10.7. The zero-order valence-electron chi connectivity index (χ0n) is 10.9. The third kappa shape index (κ3) is 2.38. The molecule has 0 aliphatic heterocycles. The van der Waals surface area contributed by atoms with Crippen LogP contribution in [0.5, 0.6) is 11.6 Å². The molecule has 0 aliphatic rings. The van der Waals surface area contributed by atoms with E-state index in [2.05, 4.69) is 4.98 Å². The number of para-hydroxylation sites is 1. The van der Waals surface area contributed by atoms with E-state index in [1.807, 2.05) is 18.2 Å². The zero-order chi connectivity index (χ0) is 14.8.